The SMILES string of the molecule is C[C@H](O)C(OC(OP(=O)(O)OP(=O)(O)OCC1OC(n2cnc3c(=O)[nH]cnc32)C(O)C1O)[C@H](O)CO)[C@H](O)CO. The van der Waals surface area contributed by atoms with Crippen LogP contribution in [0.25, 0.3) is 11.2 Å². The van der Waals surface area contributed by atoms with E-state index in [9.17, 15) is 54.4 Å². The smallest absolute Gasteiger partial charge is 0.394 e. The quantitative estimate of drug-likeness (QED) is 0.0654. The molecule has 41 heavy (non-hydrogen) atoms. The standard InChI is InChI=1S/C18H30N4O17P2/c1-7(25)14(8(26)2-23)37-18(9(27)3-24)38-41(33,34)39-40(31,32)35-4-10-12(28)13(29)17(36-10)22-6-21-11-15(22)19-5-20-16(11)30/h5-10,12-14,17-18,23-29H,2-4H2,1H3,(H,31,32)(H,33,34)(H,19,20,30)/t7-,8+,9+,10?,12?,13?,14?,17?,18?/m0/s1. The summed E-state index contributed by atoms with van der Waals surface area (Å²) in [6.45, 7) is -2.03. The van der Waals surface area contributed by atoms with E-state index in [0.717, 1.165) is 24.1 Å². The third kappa shape index (κ3) is 8.21. The summed E-state index contributed by atoms with van der Waals surface area (Å²) in [6.07, 6.45) is -13.7. The highest BCUT2D eigenvalue weighted by Gasteiger charge is 2.47. The summed E-state index contributed by atoms with van der Waals surface area (Å²) in [6, 6.07) is 0. The van der Waals surface area contributed by atoms with E-state index < -0.39 is 96.3 Å². The average Bonchev–Trinajstić information content (AvgIpc) is 3.45. The van der Waals surface area contributed by atoms with Crippen LogP contribution in [0.15, 0.2) is 17.4 Å². The predicted octanol–water partition coefficient (Wildman–Crippen LogP) is -4.21. The first kappa shape index (κ1) is 33.7. The normalized spacial score (nSPS) is 28.0. The van der Waals surface area contributed by atoms with Crippen LogP contribution in [0.2, 0.25) is 0 Å². The van der Waals surface area contributed by atoms with Crippen molar-refractivity contribution in [1.82, 2.24) is 19.5 Å². The first-order valence-electron chi connectivity index (χ1n) is 11.6. The molecule has 0 saturated carbocycles. The number of phosphoric ester groups is 2. The summed E-state index contributed by atoms with van der Waals surface area (Å²) in [5.41, 5.74) is -0.725. The van der Waals surface area contributed by atoms with Gasteiger partial charge in [-0.1, -0.05) is 0 Å². The molecule has 3 heterocycles. The zero-order valence-corrected chi connectivity index (χ0v) is 22.8. The fourth-order valence-corrected chi connectivity index (χ4v) is 5.85. The molecule has 23 heteroatoms. The molecule has 0 amide bonds. The number of nitrogens with one attached hydrogen (secondary N) is 1. The van der Waals surface area contributed by atoms with Gasteiger partial charge in [0.25, 0.3) is 5.56 Å². The van der Waals surface area contributed by atoms with Gasteiger partial charge in [-0.25, -0.2) is 19.1 Å². The maximum Gasteiger partial charge on any atom is 0.483 e. The molecule has 2 aromatic rings. The molecule has 11 atom stereocenters. The van der Waals surface area contributed by atoms with Crippen LogP contribution < -0.4 is 5.56 Å². The van der Waals surface area contributed by atoms with Gasteiger partial charge in [0.1, 0.15) is 36.6 Å². The second kappa shape index (κ2) is 13.7. The van der Waals surface area contributed by atoms with E-state index in [1.165, 1.54) is 0 Å². The summed E-state index contributed by atoms with van der Waals surface area (Å²) in [7, 11) is -11.2. The molecule has 3 rings (SSSR count). The Bertz CT molecular complexity index is 1310. The zero-order valence-electron chi connectivity index (χ0n) is 21.0. The van der Waals surface area contributed by atoms with Crippen LogP contribution in [0, 0.1) is 0 Å². The van der Waals surface area contributed by atoms with Crippen LogP contribution in [0.3, 0.4) is 0 Å². The van der Waals surface area contributed by atoms with Gasteiger partial charge < -0.3 is 60.0 Å². The number of aliphatic hydroxyl groups is 7. The maximum atomic E-state index is 12.4. The first-order chi connectivity index (χ1) is 19.1. The summed E-state index contributed by atoms with van der Waals surface area (Å²) in [4.78, 5) is 41.9. The van der Waals surface area contributed by atoms with Crippen molar-refractivity contribution in [2.24, 2.45) is 0 Å². The number of fused-ring (bicyclic) bond motifs is 1. The van der Waals surface area contributed by atoms with Gasteiger partial charge in [0, 0.05) is 0 Å². The number of ether oxygens (including phenoxy) is 2. The van der Waals surface area contributed by atoms with Crippen molar-refractivity contribution < 1.29 is 77.5 Å². The van der Waals surface area contributed by atoms with Gasteiger partial charge in [-0.05, 0) is 6.92 Å². The number of aromatic amines is 1. The van der Waals surface area contributed by atoms with E-state index in [2.05, 4.69) is 28.3 Å². The average molecular weight is 636 g/mol. The number of nitrogens with zero attached hydrogens (tertiary/aromatic N) is 3. The Morgan fingerprint density at radius 1 is 1.07 bits per heavy atom. The van der Waals surface area contributed by atoms with Gasteiger partial charge in [0.2, 0.25) is 0 Å². The van der Waals surface area contributed by atoms with Crippen molar-refractivity contribution in [1.29, 1.82) is 0 Å². The highest BCUT2D eigenvalue weighted by atomic mass is 31.3. The van der Waals surface area contributed by atoms with Gasteiger partial charge in [-0.15, -0.1) is 0 Å². The molecule has 1 fully saturated rings. The van der Waals surface area contributed by atoms with Crippen LogP contribution in [0.5, 0.6) is 0 Å². The summed E-state index contributed by atoms with van der Waals surface area (Å²) < 4.78 is 49.6. The largest absolute Gasteiger partial charge is 0.483 e. The lowest BCUT2D eigenvalue weighted by molar-refractivity contribution is -0.226. The molecule has 8 unspecified atom stereocenters. The molecule has 234 valence electrons. The van der Waals surface area contributed by atoms with Crippen LogP contribution in [-0.4, -0.2) is 134 Å². The van der Waals surface area contributed by atoms with Gasteiger partial charge in [-0.3, -0.25) is 18.4 Å². The van der Waals surface area contributed by atoms with Crippen molar-refractivity contribution in [2.75, 3.05) is 19.8 Å². The Kier molecular flexibility index (Phi) is 11.3. The second-order valence-electron chi connectivity index (χ2n) is 8.73. The maximum absolute atomic E-state index is 12.4. The van der Waals surface area contributed by atoms with Crippen LogP contribution in [-0.2, 0) is 32.0 Å². The van der Waals surface area contributed by atoms with Crippen molar-refractivity contribution in [3.05, 3.63) is 23.0 Å². The monoisotopic (exact) mass is 636 g/mol. The lowest BCUT2D eigenvalue weighted by atomic mass is 10.1. The Balaban J connectivity index is 1.66. The fraction of sp³-hybridized carbons (Fsp3) is 0.722. The van der Waals surface area contributed by atoms with Crippen LogP contribution in [0.4, 0.5) is 0 Å². The lowest BCUT2D eigenvalue weighted by Gasteiger charge is -2.31. The minimum atomic E-state index is -5.70. The Morgan fingerprint density at radius 3 is 2.34 bits per heavy atom. The molecule has 1 saturated heterocycles. The van der Waals surface area contributed by atoms with Gasteiger partial charge in [0.05, 0.1) is 38.6 Å². The number of rotatable bonds is 15. The van der Waals surface area contributed by atoms with Crippen LogP contribution >= 0.6 is 15.6 Å². The van der Waals surface area contributed by atoms with E-state index in [1.54, 1.807) is 0 Å². The molecule has 0 bridgehead atoms. The number of imidazole rings is 1. The Hall–Kier alpha value is -1.75. The molecular formula is C18H30N4O17P2. The number of aliphatic hydroxyl groups excluding tert-OH is 7. The molecule has 21 nitrogen and oxygen atoms in total. The van der Waals surface area contributed by atoms with E-state index >= 15 is 0 Å². The minimum Gasteiger partial charge on any atom is -0.394 e. The zero-order chi connectivity index (χ0) is 30.7. The first-order valence-corrected chi connectivity index (χ1v) is 14.6. The number of hydrogen-bond acceptors (Lipinski definition) is 17. The van der Waals surface area contributed by atoms with Crippen molar-refractivity contribution >= 4 is 26.8 Å². The number of phosphoric acid groups is 2. The topological polar surface area (TPSA) is 326 Å². The fourth-order valence-electron chi connectivity index (χ4n) is 3.67. The van der Waals surface area contributed by atoms with Gasteiger partial charge in [0.15, 0.2) is 23.7 Å². The van der Waals surface area contributed by atoms with Crippen molar-refractivity contribution in [2.45, 2.75) is 62.2 Å². The Morgan fingerprint density at radius 2 is 1.73 bits per heavy atom. The molecule has 2 aromatic heterocycles. The highest BCUT2D eigenvalue weighted by Crippen LogP contribution is 2.61. The van der Waals surface area contributed by atoms with E-state index in [0.29, 0.717) is 0 Å². The summed E-state index contributed by atoms with van der Waals surface area (Å²) in [5.74, 6) is 0. The molecule has 0 radical (unpaired) electrons. The number of H-pyrrole nitrogens is 1. The number of hydrogen-bond donors (Lipinski definition) is 10. The molecule has 1 aliphatic rings. The summed E-state index contributed by atoms with van der Waals surface area (Å²) in [5, 5.41) is 68.4. The van der Waals surface area contributed by atoms with E-state index in [4.69, 9.17) is 14.6 Å². The molecular weight excluding hydrogens is 606 g/mol. The minimum absolute atomic E-state index is 0.0210. The van der Waals surface area contributed by atoms with Crippen molar-refractivity contribution in [3.8, 4) is 0 Å². The predicted molar refractivity (Wildman–Crippen MR) is 128 cm³/mol. The van der Waals surface area contributed by atoms with E-state index in [-0.39, 0.29) is 11.2 Å². The van der Waals surface area contributed by atoms with Gasteiger partial charge in [-0.2, -0.15) is 4.31 Å². The lowest BCUT2D eigenvalue weighted by Crippen LogP contribution is -2.46. The number of aromatic nitrogens is 4. The molecule has 10 N–H and O–H groups in total. The summed E-state index contributed by atoms with van der Waals surface area (Å²) >= 11 is 0. The van der Waals surface area contributed by atoms with Crippen LogP contribution in [0.1, 0.15) is 13.2 Å². The van der Waals surface area contributed by atoms with Gasteiger partial charge >= 0.3 is 15.6 Å². The Labute approximate surface area is 229 Å². The molecule has 0 aliphatic carbocycles. The highest BCUT2D eigenvalue weighted by molar-refractivity contribution is 7.61. The third-order valence-electron chi connectivity index (χ3n) is 5.66. The molecule has 0 spiro atoms. The molecule has 1 aliphatic heterocycles. The van der Waals surface area contributed by atoms with E-state index in [1.807, 2.05) is 0 Å². The second-order valence-corrected chi connectivity index (χ2v) is 11.7. The third-order valence-corrected chi connectivity index (χ3v) is 8.26. The molecule has 0 aromatic carbocycles. The van der Waals surface area contributed by atoms with Crippen molar-refractivity contribution in [3.63, 3.8) is 0 Å².